The number of rotatable bonds is 7. The Morgan fingerprint density at radius 2 is 1.77 bits per heavy atom. The molecule has 1 atom stereocenters. The molecule has 3 aromatic carbocycles. The van der Waals surface area contributed by atoms with Crippen molar-refractivity contribution in [3.05, 3.63) is 95.2 Å². The minimum absolute atomic E-state index is 0.0818. The molecule has 7 nitrogen and oxygen atoms in total. The number of ketones is 1. The number of nitrogens with one attached hydrogen (secondary N) is 2. The van der Waals surface area contributed by atoms with Gasteiger partial charge in [-0.15, -0.1) is 0 Å². The summed E-state index contributed by atoms with van der Waals surface area (Å²) in [5.41, 5.74) is 5.16. The van der Waals surface area contributed by atoms with Gasteiger partial charge in [0, 0.05) is 24.2 Å². The topological polar surface area (TPSA) is 90.9 Å². The number of hydrogen-bond acceptors (Lipinski definition) is 6. The first-order chi connectivity index (χ1) is 18.7. The Morgan fingerprint density at radius 1 is 1.05 bits per heavy atom. The predicted molar refractivity (Wildman–Crippen MR) is 153 cm³/mol. The van der Waals surface area contributed by atoms with Crippen molar-refractivity contribution in [3.8, 4) is 11.5 Å². The normalized spacial score (nSPS) is 18.0. The Hall–Kier alpha value is -4.26. The lowest BCUT2D eigenvalue weighted by atomic mass is 9.73. The molecular formula is C32H35N3O4. The number of anilines is 2. The van der Waals surface area contributed by atoms with Crippen LogP contribution in [0.25, 0.3) is 0 Å². The molecule has 0 saturated heterocycles. The van der Waals surface area contributed by atoms with E-state index in [1.165, 1.54) is 0 Å². The van der Waals surface area contributed by atoms with Crippen molar-refractivity contribution in [2.45, 2.75) is 39.2 Å². The van der Waals surface area contributed by atoms with E-state index in [4.69, 9.17) is 4.74 Å². The molecule has 1 heterocycles. The molecule has 1 aliphatic heterocycles. The summed E-state index contributed by atoms with van der Waals surface area (Å²) in [7, 11) is 1.63. The molecule has 3 N–H and O–H groups in total. The van der Waals surface area contributed by atoms with Crippen LogP contribution in [0.15, 0.2) is 84.1 Å². The number of nitrogens with zero attached hydrogens (tertiary/aromatic N) is 1. The SMILES string of the molecule is COc1ccc(C2C3=C(CC(C)(C)CC3=O)Nc3ccccc3N2CC(=O)NCCc2ccc(O)cc2)cc1. The van der Waals surface area contributed by atoms with Crippen molar-refractivity contribution in [1.29, 1.82) is 0 Å². The molecule has 2 aliphatic rings. The average Bonchev–Trinajstić information content (AvgIpc) is 3.03. The van der Waals surface area contributed by atoms with Crippen molar-refractivity contribution < 1.29 is 19.4 Å². The fourth-order valence-electron chi connectivity index (χ4n) is 5.58. The molecule has 5 rings (SSSR count). The second kappa shape index (κ2) is 10.8. The van der Waals surface area contributed by atoms with Crippen molar-refractivity contribution >= 4 is 23.1 Å². The molecule has 0 fully saturated rings. The maximum Gasteiger partial charge on any atom is 0.239 e. The fourth-order valence-corrected chi connectivity index (χ4v) is 5.58. The lowest BCUT2D eigenvalue weighted by molar-refractivity contribution is -0.120. The van der Waals surface area contributed by atoms with Gasteiger partial charge < -0.3 is 25.4 Å². The standard InChI is InChI=1S/C32H35N3O4/c1-32(2)18-26-30(28(37)19-32)31(22-10-14-24(39-3)15-11-22)35(27-7-5-4-6-25(27)34-26)20-29(38)33-17-16-21-8-12-23(36)13-9-21/h4-15,31,34,36H,16-20H2,1-3H3,(H,33,38). The van der Waals surface area contributed by atoms with E-state index in [-0.39, 0.29) is 29.4 Å². The zero-order chi connectivity index (χ0) is 27.6. The molecule has 0 radical (unpaired) electrons. The number of phenolic OH excluding ortho intramolecular Hbond substituents is 1. The molecule has 3 aromatic rings. The molecule has 0 bridgehead atoms. The molecule has 0 spiro atoms. The summed E-state index contributed by atoms with van der Waals surface area (Å²) in [4.78, 5) is 29.2. The van der Waals surface area contributed by atoms with Crippen LogP contribution in [0.3, 0.4) is 0 Å². The second-order valence-corrected chi connectivity index (χ2v) is 11.0. The molecule has 39 heavy (non-hydrogen) atoms. The number of methoxy groups -OCH3 is 1. The highest BCUT2D eigenvalue weighted by Gasteiger charge is 2.41. The summed E-state index contributed by atoms with van der Waals surface area (Å²) in [6, 6.07) is 22.2. The molecule has 0 aromatic heterocycles. The smallest absolute Gasteiger partial charge is 0.239 e. The van der Waals surface area contributed by atoms with Crippen molar-refractivity contribution in [2.24, 2.45) is 5.41 Å². The van der Waals surface area contributed by atoms with Crippen LogP contribution in [-0.2, 0) is 16.0 Å². The van der Waals surface area contributed by atoms with Gasteiger partial charge in [-0.3, -0.25) is 9.59 Å². The average molecular weight is 526 g/mol. The van der Waals surface area contributed by atoms with Gasteiger partial charge >= 0.3 is 0 Å². The summed E-state index contributed by atoms with van der Waals surface area (Å²) in [5, 5.41) is 16.1. The number of para-hydroxylation sites is 2. The van der Waals surface area contributed by atoms with Gasteiger partial charge in [-0.25, -0.2) is 0 Å². The summed E-state index contributed by atoms with van der Waals surface area (Å²) in [6.45, 7) is 4.79. The van der Waals surface area contributed by atoms with Crippen LogP contribution < -0.4 is 20.3 Å². The fraction of sp³-hybridized carbons (Fsp3) is 0.312. The van der Waals surface area contributed by atoms with Crippen LogP contribution in [0.1, 0.15) is 43.9 Å². The van der Waals surface area contributed by atoms with Crippen LogP contribution in [0.5, 0.6) is 11.5 Å². The Morgan fingerprint density at radius 3 is 2.49 bits per heavy atom. The van der Waals surface area contributed by atoms with E-state index >= 15 is 0 Å². The number of Topliss-reactive ketones (excluding diaryl/α,β-unsaturated/α-hetero) is 1. The zero-order valence-corrected chi connectivity index (χ0v) is 22.7. The summed E-state index contributed by atoms with van der Waals surface area (Å²) in [5.74, 6) is 0.916. The van der Waals surface area contributed by atoms with Gasteiger partial charge in [0.1, 0.15) is 11.5 Å². The highest BCUT2D eigenvalue weighted by molar-refractivity contribution is 6.01. The number of carbonyl (C=O) groups excluding carboxylic acids is 2. The lowest BCUT2D eigenvalue weighted by Gasteiger charge is -2.38. The minimum Gasteiger partial charge on any atom is -0.508 e. The van der Waals surface area contributed by atoms with Crippen LogP contribution in [0.4, 0.5) is 11.4 Å². The van der Waals surface area contributed by atoms with E-state index in [1.54, 1.807) is 19.2 Å². The number of allylic oxidation sites excluding steroid dienone is 1. The zero-order valence-electron chi connectivity index (χ0n) is 22.7. The molecule has 202 valence electrons. The second-order valence-electron chi connectivity index (χ2n) is 11.0. The molecule has 1 amide bonds. The molecular weight excluding hydrogens is 490 g/mol. The quantitative estimate of drug-likeness (QED) is 0.384. The third kappa shape index (κ3) is 5.77. The largest absolute Gasteiger partial charge is 0.508 e. The Labute approximate surface area is 229 Å². The van der Waals surface area contributed by atoms with E-state index in [1.807, 2.05) is 65.6 Å². The maximum atomic E-state index is 13.8. The van der Waals surface area contributed by atoms with Crippen molar-refractivity contribution in [1.82, 2.24) is 5.32 Å². The van der Waals surface area contributed by atoms with Gasteiger partial charge in [0.2, 0.25) is 5.91 Å². The van der Waals surface area contributed by atoms with Gasteiger partial charge in [-0.1, -0.05) is 50.2 Å². The number of carbonyl (C=O) groups is 2. The van der Waals surface area contributed by atoms with Crippen molar-refractivity contribution in [2.75, 3.05) is 30.4 Å². The number of benzene rings is 3. The first-order valence-corrected chi connectivity index (χ1v) is 13.3. The van der Waals surface area contributed by atoms with Crippen LogP contribution in [0.2, 0.25) is 0 Å². The lowest BCUT2D eigenvalue weighted by Crippen LogP contribution is -2.42. The number of hydrogen-bond donors (Lipinski definition) is 3. The molecule has 1 unspecified atom stereocenters. The third-order valence-electron chi connectivity index (χ3n) is 7.42. The van der Waals surface area contributed by atoms with E-state index in [0.717, 1.165) is 40.4 Å². The van der Waals surface area contributed by atoms with Gasteiger partial charge in [-0.05, 0) is 65.8 Å². The number of aromatic hydroxyl groups is 1. The monoisotopic (exact) mass is 525 g/mol. The summed E-state index contributed by atoms with van der Waals surface area (Å²) < 4.78 is 5.39. The van der Waals surface area contributed by atoms with E-state index in [0.29, 0.717) is 25.0 Å². The summed E-state index contributed by atoms with van der Waals surface area (Å²) >= 11 is 0. The molecule has 7 heteroatoms. The Bertz CT molecular complexity index is 1390. The maximum absolute atomic E-state index is 13.8. The Balaban J connectivity index is 1.50. The number of ether oxygens (including phenoxy) is 1. The molecule has 1 aliphatic carbocycles. The first-order valence-electron chi connectivity index (χ1n) is 13.3. The first kappa shape index (κ1) is 26.4. The number of fused-ring (bicyclic) bond motifs is 1. The third-order valence-corrected chi connectivity index (χ3v) is 7.42. The predicted octanol–water partition coefficient (Wildman–Crippen LogP) is 5.38. The van der Waals surface area contributed by atoms with Gasteiger partial charge in [0.15, 0.2) is 5.78 Å². The molecule has 0 saturated carbocycles. The van der Waals surface area contributed by atoms with Crippen LogP contribution in [0, 0.1) is 5.41 Å². The van der Waals surface area contributed by atoms with Gasteiger partial charge in [0.05, 0.1) is 31.1 Å². The van der Waals surface area contributed by atoms with Gasteiger partial charge in [0.25, 0.3) is 0 Å². The van der Waals surface area contributed by atoms with E-state index in [9.17, 15) is 14.7 Å². The number of phenols is 1. The van der Waals surface area contributed by atoms with Crippen LogP contribution in [-0.4, -0.2) is 37.0 Å². The number of amides is 1. The minimum atomic E-state index is -0.437. The van der Waals surface area contributed by atoms with E-state index in [2.05, 4.69) is 24.5 Å². The van der Waals surface area contributed by atoms with Crippen molar-refractivity contribution in [3.63, 3.8) is 0 Å². The van der Waals surface area contributed by atoms with E-state index < -0.39 is 6.04 Å². The van der Waals surface area contributed by atoms with Crippen LogP contribution >= 0.6 is 0 Å². The summed E-state index contributed by atoms with van der Waals surface area (Å²) in [6.07, 6.45) is 1.83. The Kier molecular flexibility index (Phi) is 7.33. The highest BCUT2D eigenvalue weighted by Crippen LogP contribution is 2.48. The van der Waals surface area contributed by atoms with Gasteiger partial charge in [-0.2, -0.15) is 0 Å². The highest BCUT2D eigenvalue weighted by atomic mass is 16.5.